The van der Waals surface area contributed by atoms with Gasteiger partial charge in [0.2, 0.25) is 0 Å². The van der Waals surface area contributed by atoms with E-state index in [9.17, 15) is 14.4 Å². The van der Waals surface area contributed by atoms with Gasteiger partial charge < -0.3 is 5.11 Å². The number of benzene rings is 1. The molecule has 17 heavy (non-hydrogen) atoms. The lowest BCUT2D eigenvalue weighted by Gasteiger charge is -2.15. The van der Waals surface area contributed by atoms with E-state index in [4.69, 9.17) is 9.94 Å². The first-order chi connectivity index (χ1) is 8.02. The van der Waals surface area contributed by atoms with Gasteiger partial charge in [0.05, 0.1) is 11.1 Å². The summed E-state index contributed by atoms with van der Waals surface area (Å²) < 4.78 is 0. The molecule has 1 aromatic rings. The van der Waals surface area contributed by atoms with Gasteiger partial charge in [0.1, 0.15) is 0 Å². The highest BCUT2D eigenvalue weighted by atomic mass is 16.7. The third-order valence-corrected chi connectivity index (χ3v) is 2.37. The molecule has 0 unspecified atom stereocenters. The van der Waals surface area contributed by atoms with E-state index >= 15 is 0 Å². The molecule has 1 atom stereocenters. The molecule has 0 saturated carbocycles. The molecule has 0 spiro atoms. The van der Waals surface area contributed by atoms with E-state index < -0.39 is 23.9 Å². The van der Waals surface area contributed by atoms with Crippen LogP contribution >= 0.6 is 0 Å². The first-order valence-electron chi connectivity index (χ1n) is 4.89. The SMILES string of the molecule is C[C@@H](ON1C(=O)c2ccccc2C1=O)C(=O)O. The normalized spacial score (nSPS) is 15.9. The molecule has 1 N–H and O–H groups in total. The summed E-state index contributed by atoms with van der Waals surface area (Å²) in [6.07, 6.45) is -1.27. The van der Waals surface area contributed by atoms with Crippen LogP contribution in [0.3, 0.4) is 0 Å². The summed E-state index contributed by atoms with van der Waals surface area (Å²) in [5.41, 5.74) is 0.435. The van der Waals surface area contributed by atoms with E-state index in [1.807, 2.05) is 0 Å². The average molecular weight is 235 g/mol. The van der Waals surface area contributed by atoms with Gasteiger partial charge in [-0.2, -0.15) is 0 Å². The highest BCUT2D eigenvalue weighted by Gasteiger charge is 2.38. The van der Waals surface area contributed by atoms with Crippen LogP contribution in [0.1, 0.15) is 27.6 Å². The van der Waals surface area contributed by atoms with Crippen LogP contribution in [-0.2, 0) is 9.63 Å². The van der Waals surface area contributed by atoms with E-state index in [0.29, 0.717) is 5.06 Å². The lowest BCUT2D eigenvalue weighted by atomic mass is 10.1. The summed E-state index contributed by atoms with van der Waals surface area (Å²) in [6.45, 7) is 1.24. The Bertz CT molecular complexity index is 475. The minimum atomic E-state index is -1.27. The van der Waals surface area contributed by atoms with Gasteiger partial charge in [0, 0.05) is 0 Å². The number of carbonyl (C=O) groups excluding carboxylic acids is 2. The summed E-state index contributed by atoms with van der Waals surface area (Å²) in [7, 11) is 0. The van der Waals surface area contributed by atoms with Gasteiger partial charge in [-0.3, -0.25) is 9.59 Å². The molecule has 6 heteroatoms. The lowest BCUT2D eigenvalue weighted by molar-refractivity contribution is -0.171. The van der Waals surface area contributed by atoms with Crippen molar-refractivity contribution in [2.75, 3.05) is 0 Å². The summed E-state index contributed by atoms with van der Waals surface area (Å²) in [5.74, 6) is -2.53. The van der Waals surface area contributed by atoms with E-state index in [1.54, 1.807) is 12.1 Å². The number of imide groups is 1. The molecule has 88 valence electrons. The van der Waals surface area contributed by atoms with Crippen molar-refractivity contribution in [3.63, 3.8) is 0 Å². The Morgan fingerprint density at radius 1 is 1.24 bits per heavy atom. The minimum absolute atomic E-state index is 0.218. The number of carbonyl (C=O) groups is 3. The Morgan fingerprint density at radius 3 is 2.12 bits per heavy atom. The predicted molar refractivity (Wildman–Crippen MR) is 55.1 cm³/mol. The summed E-state index contributed by atoms with van der Waals surface area (Å²) in [4.78, 5) is 38.9. The smallest absolute Gasteiger partial charge is 0.335 e. The van der Waals surface area contributed by atoms with Crippen LogP contribution < -0.4 is 0 Å². The number of amides is 2. The van der Waals surface area contributed by atoms with Crippen molar-refractivity contribution in [3.8, 4) is 0 Å². The van der Waals surface area contributed by atoms with Crippen LogP contribution in [0.25, 0.3) is 0 Å². The molecular weight excluding hydrogens is 226 g/mol. The first-order valence-corrected chi connectivity index (χ1v) is 4.89. The first kappa shape index (κ1) is 11.3. The quantitative estimate of drug-likeness (QED) is 0.779. The van der Waals surface area contributed by atoms with Gasteiger partial charge in [-0.15, -0.1) is 5.06 Å². The number of aliphatic carboxylic acids is 1. The molecule has 2 rings (SSSR count). The van der Waals surface area contributed by atoms with Gasteiger partial charge in [0.25, 0.3) is 11.8 Å². The zero-order valence-electron chi connectivity index (χ0n) is 8.91. The van der Waals surface area contributed by atoms with Crippen molar-refractivity contribution in [1.82, 2.24) is 5.06 Å². The average Bonchev–Trinajstić information content (AvgIpc) is 2.55. The van der Waals surface area contributed by atoms with E-state index in [-0.39, 0.29) is 11.1 Å². The minimum Gasteiger partial charge on any atom is -0.479 e. The molecular formula is C11H9NO5. The second-order valence-corrected chi connectivity index (χ2v) is 3.54. The molecule has 0 aliphatic carbocycles. The highest BCUT2D eigenvalue weighted by molar-refractivity contribution is 6.20. The maximum Gasteiger partial charge on any atom is 0.335 e. The number of hydrogen-bond donors (Lipinski definition) is 1. The molecule has 1 heterocycles. The number of fused-ring (bicyclic) bond motifs is 1. The number of carboxylic acid groups (broad SMARTS) is 1. The summed E-state index contributed by atoms with van der Waals surface area (Å²) >= 11 is 0. The Kier molecular flexibility index (Phi) is 2.64. The van der Waals surface area contributed by atoms with Crippen LogP contribution in [-0.4, -0.2) is 34.1 Å². The van der Waals surface area contributed by atoms with Crippen LogP contribution in [0, 0.1) is 0 Å². The molecule has 0 bridgehead atoms. The van der Waals surface area contributed by atoms with Crippen molar-refractivity contribution < 1.29 is 24.3 Å². The van der Waals surface area contributed by atoms with Crippen molar-refractivity contribution in [2.24, 2.45) is 0 Å². The van der Waals surface area contributed by atoms with Gasteiger partial charge in [-0.05, 0) is 19.1 Å². The standard InChI is InChI=1S/C11H9NO5/c1-6(11(15)16)17-12-9(13)7-4-2-3-5-8(7)10(12)14/h2-6H,1H3,(H,15,16)/t6-/m1/s1. The van der Waals surface area contributed by atoms with Gasteiger partial charge in [-0.25, -0.2) is 9.63 Å². The Morgan fingerprint density at radius 2 is 1.71 bits per heavy atom. The summed E-state index contributed by atoms with van der Waals surface area (Å²) in [5, 5.41) is 9.15. The fraction of sp³-hybridized carbons (Fsp3) is 0.182. The van der Waals surface area contributed by atoms with E-state index in [0.717, 1.165) is 0 Å². The number of hydroxylamine groups is 2. The van der Waals surface area contributed by atoms with Gasteiger partial charge in [0.15, 0.2) is 6.10 Å². The fourth-order valence-electron chi connectivity index (χ4n) is 1.47. The fourth-order valence-corrected chi connectivity index (χ4v) is 1.47. The van der Waals surface area contributed by atoms with Crippen LogP contribution in [0.4, 0.5) is 0 Å². The van der Waals surface area contributed by atoms with Crippen molar-refractivity contribution in [3.05, 3.63) is 35.4 Å². The molecule has 1 aromatic carbocycles. The largest absolute Gasteiger partial charge is 0.479 e. The zero-order valence-corrected chi connectivity index (χ0v) is 8.91. The maximum absolute atomic E-state index is 11.8. The highest BCUT2D eigenvalue weighted by Crippen LogP contribution is 2.23. The third kappa shape index (κ3) is 1.78. The van der Waals surface area contributed by atoms with Gasteiger partial charge >= 0.3 is 5.97 Å². The Hall–Kier alpha value is -2.21. The molecule has 0 saturated heterocycles. The molecule has 2 amide bonds. The molecule has 1 aliphatic heterocycles. The second-order valence-electron chi connectivity index (χ2n) is 3.54. The number of hydrogen-bond acceptors (Lipinski definition) is 4. The monoisotopic (exact) mass is 235 g/mol. The Labute approximate surface area is 96.4 Å². The molecule has 0 radical (unpaired) electrons. The van der Waals surface area contributed by atoms with E-state index in [1.165, 1.54) is 19.1 Å². The van der Waals surface area contributed by atoms with Crippen LogP contribution in [0.15, 0.2) is 24.3 Å². The summed E-state index contributed by atoms with van der Waals surface area (Å²) in [6, 6.07) is 6.22. The zero-order chi connectivity index (χ0) is 12.6. The number of carboxylic acids is 1. The van der Waals surface area contributed by atoms with E-state index in [2.05, 4.69) is 0 Å². The second kappa shape index (κ2) is 3.99. The van der Waals surface area contributed by atoms with Crippen LogP contribution in [0.2, 0.25) is 0 Å². The number of rotatable bonds is 3. The predicted octanol–water partition coefficient (Wildman–Crippen LogP) is 0.687. The van der Waals surface area contributed by atoms with Crippen molar-refractivity contribution in [2.45, 2.75) is 13.0 Å². The molecule has 6 nitrogen and oxygen atoms in total. The van der Waals surface area contributed by atoms with Gasteiger partial charge in [-0.1, -0.05) is 12.1 Å². The topological polar surface area (TPSA) is 83.9 Å². The Balaban J connectivity index is 2.27. The van der Waals surface area contributed by atoms with Crippen molar-refractivity contribution >= 4 is 17.8 Å². The number of nitrogens with zero attached hydrogens (tertiary/aromatic N) is 1. The molecule has 1 aliphatic rings. The third-order valence-electron chi connectivity index (χ3n) is 2.37. The maximum atomic E-state index is 11.8. The molecule has 0 fully saturated rings. The van der Waals surface area contributed by atoms with Crippen molar-refractivity contribution in [1.29, 1.82) is 0 Å². The molecule has 0 aromatic heterocycles. The van der Waals surface area contributed by atoms with Crippen LogP contribution in [0.5, 0.6) is 0 Å². The lowest BCUT2D eigenvalue weighted by Crippen LogP contribution is -2.36.